The highest BCUT2D eigenvalue weighted by molar-refractivity contribution is 6.00. The molecule has 0 spiro atoms. The number of nitrogens with two attached hydrogens (primary N) is 3. The van der Waals surface area contributed by atoms with Gasteiger partial charge in [0.1, 0.15) is 72.5 Å². The first kappa shape index (κ1) is 81.7. The molecule has 0 aromatic heterocycles. The lowest BCUT2D eigenvalue weighted by Gasteiger charge is -2.33. The number of carboxylic acids is 3. The zero-order valence-corrected chi connectivity index (χ0v) is 56.7. The Hall–Kier alpha value is -8.56. The number of carbonyl (C=O) groups excluding carboxylic acids is 13. The lowest BCUT2D eigenvalue weighted by molar-refractivity contribution is -0.147. The van der Waals surface area contributed by atoms with Crippen LogP contribution in [0.1, 0.15) is 166 Å². The van der Waals surface area contributed by atoms with Gasteiger partial charge in [0.15, 0.2) is 0 Å². The number of nitrogens with zero attached hydrogens (tertiary/aromatic N) is 3. The minimum atomic E-state index is -1.92. The SMILES string of the molecule is CC(C)C[C@H](NC(=O)[C@@H]1CCCN1C(=O)[C@@H](NC(=O)[C@@H]1CCCN1C(=O)[C@H](CCC(=O)O)NC(=O)[C@H](C)NC(=O)[C@H](C)NC(=O)[C@@H]1CCCN1C(=O)[C@@H](N)C(C)C)C(C)C)C(=O)N[C@H](C(=O)N[C@@H](CCCCN)C(=O)N[C@@H](CCC(N)=O)C(=O)N[C@@H](CC(=O)O)C(=O)O)C(C)C. The molecule has 3 aliphatic rings. The van der Waals surface area contributed by atoms with Crippen LogP contribution in [0, 0.1) is 23.7 Å². The van der Waals surface area contributed by atoms with Crippen LogP contribution >= 0.6 is 0 Å². The molecule has 0 bridgehead atoms. The minimum absolute atomic E-state index is 0.00403. The van der Waals surface area contributed by atoms with E-state index in [4.69, 9.17) is 17.2 Å². The Balaban J connectivity index is 1.77. The van der Waals surface area contributed by atoms with E-state index in [2.05, 4.69) is 42.5 Å². The van der Waals surface area contributed by atoms with Crippen molar-refractivity contribution in [3.8, 4) is 0 Å². The van der Waals surface area contributed by atoms with E-state index in [0.29, 0.717) is 38.6 Å². The number of primary amides is 1. The second-order valence-corrected chi connectivity index (χ2v) is 26.4. The van der Waals surface area contributed by atoms with Crippen molar-refractivity contribution < 1.29 is 92.0 Å². The minimum Gasteiger partial charge on any atom is -0.481 e. The molecule has 3 rings (SSSR count). The van der Waals surface area contributed by atoms with E-state index in [-0.39, 0.29) is 63.6 Å². The molecule has 96 heavy (non-hydrogen) atoms. The summed E-state index contributed by atoms with van der Waals surface area (Å²) >= 11 is 0. The highest BCUT2D eigenvalue weighted by atomic mass is 16.4. The van der Waals surface area contributed by atoms with E-state index in [1.807, 2.05) is 5.32 Å². The Labute approximate surface area is 558 Å². The van der Waals surface area contributed by atoms with Crippen molar-refractivity contribution >= 4 is 94.7 Å². The third-order valence-electron chi connectivity index (χ3n) is 17.0. The molecule has 13 amide bonds. The molecule has 0 aromatic rings. The maximum Gasteiger partial charge on any atom is 0.326 e. The van der Waals surface area contributed by atoms with E-state index >= 15 is 0 Å². The maximum absolute atomic E-state index is 14.6. The molecule has 13 atom stereocenters. The van der Waals surface area contributed by atoms with Crippen molar-refractivity contribution in [3.63, 3.8) is 0 Å². The predicted octanol–water partition coefficient (Wildman–Crippen LogP) is -3.48. The van der Waals surface area contributed by atoms with E-state index in [9.17, 15) is 92.0 Å². The van der Waals surface area contributed by atoms with Crippen LogP contribution in [0.15, 0.2) is 0 Å². The Morgan fingerprint density at radius 1 is 0.427 bits per heavy atom. The van der Waals surface area contributed by atoms with Crippen molar-refractivity contribution in [2.75, 3.05) is 26.2 Å². The molecular formula is C62H103N15O19. The van der Waals surface area contributed by atoms with Gasteiger partial charge in [0, 0.05) is 32.5 Å². The molecule has 3 saturated heterocycles. The molecular weight excluding hydrogens is 1260 g/mol. The van der Waals surface area contributed by atoms with Gasteiger partial charge in [-0.1, -0.05) is 55.4 Å². The van der Waals surface area contributed by atoms with Crippen LogP contribution in [0.25, 0.3) is 0 Å². The second-order valence-electron chi connectivity index (χ2n) is 26.4. The van der Waals surface area contributed by atoms with Crippen molar-refractivity contribution in [2.24, 2.45) is 40.9 Å². The molecule has 0 saturated carbocycles. The van der Waals surface area contributed by atoms with Crippen LogP contribution in [0.2, 0.25) is 0 Å². The van der Waals surface area contributed by atoms with Gasteiger partial charge < -0.3 is 95.1 Å². The Morgan fingerprint density at radius 3 is 1.34 bits per heavy atom. The van der Waals surface area contributed by atoms with Gasteiger partial charge in [-0.3, -0.25) is 71.9 Å². The van der Waals surface area contributed by atoms with Gasteiger partial charge in [0.05, 0.1) is 12.5 Å². The number of hydrogen-bond acceptors (Lipinski definition) is 18. The van der Waals surface area contributed by atoms with Crippen LogP contribution < -0.4 is 65.1 Å². The number of nitrogens with one attached hydrogen (secondary N) is 9. The summed E-state index contributed by atoms with van der Waals surface area (Å²) in [7, 11) is 0. The predicted molar refractivity (Wildman–Crippen MR) is 343 cm³/mol. The second kappa shape index (κ2) is 38.9. The number of rotatable bonds is 39. The van der Waals surface area contributed by atoms with Crippen LogP contribution in [-0.4, -0.2) is 229 Å². The van der Waals surface area contributed by atoms with Crippen LogP contribution in [0.5, 0.6) is 0 Å². The summed E-state index contributed by atoms with van der Waals surface area (Å²) in [6.45, 7) is 16.9. The number of likely N-dealkylation sites (tertiary alicyclic amines) is 3. The first-order valence-corrected chi connectivity index (χ1v) is 33.0. The van der Waals surface area contributed by atoms with Gasteiger partial charge in [-0.25, -0.2) is 4.79 Å². The summed E-state index contributed by atoms with van der Waals surface area (Å²) in [4.78, 5) is 217. The average Bonchev–Trinajstić information content (AvgIpc) is 1.58. The molecule has 34 nitrogen and oxygen atoms in total. The van der Waals surface area contributed by atoms with Gasteiger partial charge in [-0.15, -0.1) is 0 Å². The van der Waals surface area contributed by atoms with Crippen LogP contribution in [-0.2, 0) is 76.7 Å². The highest BCUT2D eigenvalue weighted by Gasteiger charge is 2.45. The number of carboxylic acid groups (broad SMARTS) is 3. The van der Waals surface area contributed by atoms with E-state index < -0.39 is 217 Å². The van der Waals surface area contributed by atoms with Gasteiger partial charge in [-0.2, -0.15) is 0 Å². The monoisotopic (exact) mass is 1360 g/mol. The van der Waals surface area contributed by atoms with E-state index in [1.165, 1.54) is 28.5 Å². The van der Waals surface area contributed by atoms with Gasteiger partial charge in [-0.05, 0) is 121 Å². The highest BCUT2D eigenvalue weighted by Crippen LogP contribution is 2.25. The smallest absolute Gasteiger partial charge is 0.326 e. The number of unbranched alkanes of at least 4 members (excludes halogenated alkanes) is 1. The zero-order chi connectivity index (χ0) is 72.6. The molecule has 0 aliphatic carbocycles. The third kappa shape index (κ3) is 24.9. The number of amides is 13. The normalized spacial score (nSPS) is 19.3. The van der Waals surface area contributed by atoms with E-state index in [0.717, 1.165) is 0 Å². The lowest BCUT2D eigenvalue weighted by atomic mass is 9.98. The fourth-order valence-corrected chi connectivity index (χ4v) is 11.4. The largest absolute Gasteiger partial charge is 0.481 e. The van der Waals surface area contributed by atoms with Crippen molar-refractivity contribution in [1.29, 1.82) is 0 Å². The standard InChI is InChI=1S/C62H103N15O19/c1-30(2)28-39(54(87)73-48(32(5)6)58(91)69-36(16-11-12-24-63)52(85)68-37(20-22-44(64)78)53(86)72-40(62(95)96)29-46(81)82)71-56(89)42-18-15-27-77(42)61(94)49(33(7)8)74-57(90)43-19-13-25-75(43)59(92)38(21-23-45(79)80)70-51(84)35(10)66-50(83)34(9)67-55(88)41-17-14-26-76(41)60(93)47(65)31(3)4/h30-43,47-49H,11-29,63,65H2,1-10H3,(H2,64,78)(H,66,83)(H,67,88)(H,68,85)(H,69,91)(H,70,84)(H,71,89)(H,72,86)(H,73,87)(H,74,90)(H,79,80)(H,81,82)(H,95,96)/t34-,35-,36-,37-,38-,39-,40-,41-,42-,43-,47-,48-,49-/m0/s1. The molecule has 3 aliphatic heterocycles. The number of hydrogen-bond donors (Lipinski definition) is 15. The summed E-state index contributed by atoms with van der Waals surface area (Å²) in [6.07, 6.45) is -0.536. The molecule has 540 valence electrons. The summed E-state index contributed by atoms with van der Waals surface area (Å²) < 4.78 is 0. The summed E-state index contributed by atoms with van der Waals surface area (Å²) in [5, 5.41) is 51.1. The number of carbonyl (C=O) groups is 16. The Kier molecular flexibility index (Phi) is 33.1. The van der Waals surface area contributed by atoms with Gasteiger partial charge in [0.25, 0.3) is 0 Å². The van der Waals surface area contributed by atoms with Crippen molar-refractivity contribution in [1.82, 2.24) is 62.6 Å². The van der Waals surface area contributed by atoms with Crippen LogP contribution in [0.4, 0.5) is 0 Å². The van der Waals surface area contributed by atoms with Crippen LogP contribution in [0.3, 0.4) is 0 Å². The molecule has 3 fully saturated rings. The molecule has 18 N–H and O–H groups in total. The fourth-order valence-electron chi connectivity index (χ4n) is 11.4. The van der Waals surface area contributed by atoms with Gasteiger partial charge in [0.2, 0.25) is 76.8 Å². The van der Waals surface area contributed by atoms with E-state index in [1.54, 1.807) is 55.4 Å². The zero-order valence-electron chi connectivity index (χ0n) is 56.7. The summed E-state index contributed by atoms with van der Waals surface area (Å²) in [5.74, 6) is -16.5. The van der Waals surface area contributed by atoms with Gasteiger partial charge >= 0.3 is 17.9 Å². The maximum atomic E-state index is 14.6. The van der Waals surface area contributed by atoms with Crippen molar-refractivity contribution in [2.45, 2.75) is 244 Å². The fraction of sp³-hybridized carbons (Fsp3) is 0.742. The molecule has 0 radical (unpaired) electrons. The Morgan fingerprint density at radius 2 is 0.865 bits per heavy atom. The third-order valence-corrected chi connectivity index (χ3v) is 17.0. The molecule has 0 unspecified atom stereocenters. The summed E-state index contributed by atoms with van der Waals surface area (Å²) in [5.41, 5.74) is 17.1. The lowest BCUT2D eigenvalue weighted by Crippen LogP contribution is -2.61. The topological polar surface area (TPSA) is 530 Å². The summed E-state index contributed by atoms with van der Waals surface area (Å²) in [6, 6.07) is -17.0. The molecule has 34 heteroatoms. The molecule has 0 aromatic carbocycles. The quantitative estimate of drug-likeness (QED) is 0.0266. The number of aliphatic carboxylic acids is 3. The Bertz CT molecular complexity index is 2820. The van der Waals surface area contributed by atoms with Crippen molar-refractivity contribution in [3.05, 3.63) is 0 Å². The molecule has 3 heterocycles. The first-order valence-electron chi connectivity index (χ1n) is 33.0. The first-order chi connectivity index (χ1) is 44.9. The average molecular weight is 1360 g/mol.